The second-order valence-corrected chi connectivity index (χ2v) is 13.3. The maximum atomic E-state index is 12.4. The van der Waals surface area contributed by atoms with Crippen LogP contribution < -0.4 is 0 Å². The van der Waals surface area contributed by atoms with E-state index in [4.69, 9.17) is 18.6 Å². The summed E-state index contributed by atoms with van der Waals surface area (Å²) in [5.41, 5.74) is 1.20. The molecule has 0 atom stereocenters. The van der Waals surface area contributed by atoms with Crippen LogP contribution in [0.3, 0.4) is 0 Å². The Morgan fingerprint density at radius 3 is 1.19 bits per heavy atom. The predicted molar refractivity (Wildman–Crippen MR) is 135 cm³/mol. The van der Waals surface area contributed by atoms with Gasteiger partial charge in [0.15, 0.2) is 0 Å². The smallest absolute Gasteiger partial charge is 0.296 e. The fourth-order valence-corrected chi connectivity index (χ4v) is 6.02. The lowest BCUT2D eigenvalue weighted by molar-refractivity contribution is -0.00908. The third-order valence-electron chi connectivity index (χ3n) is 7.16. The van der Waals surface area contributed by atoms with Gasteiger partial charge in [-0.2, -0.15) is 16.8 Å². The molecule has 0 bridgehead atoms. The topological polar surface area (TPSA) is 127 Å². The van der Waals surface area contributed by atoms with Crippen LogP contribution in [0.1, 0.15) is 49.7 Å². The molecule has 0 amide bonds. The van der Waals surface area contributed by atoms with Crippen LogP contribution in [0.5, 0.6) is 0 Å². The van der Waals surface area contributed by atoms with Crippen molar-refractivity contribution in [3.63, 3.8) is 0 Å². The van der Waals surface area contributed by atoms with Gasteiger partial charge in [-0.3, -0.25) is 8.37 Å². The van der Waals surface area contributed by atoms with Crippen LogP contribution in [0.4, 0.5) is 0 Å². The largest absolute Gasteiger partial charge is 0.396 e. The van der Waals surface area contributed by atoms with Crippen molar-refractivity contribution in [1.29, 1.82) is 0 Å². The summed E-state index contributed by atoms with van der Waals surface area (Å²) in [4.78, 5) is 0.168. The minimum absolute atomic E-state index is 0.0833. The Labute approximate surface area is 214 Å². The predicted octanol–water partition coefficient (Wildman–Crippen LogP) is 3.73. The maximum Gasteiger partial charge on any atom is 0.296 e. The van der Waals surface area contributed by atoms with Crippen molar-refractivity contribution in [3.05, 3.63) is 59.7 Å². The van der Waals surface area contributed by atoms with Gasteiger partial charge >= 0.3 is 0 Å². The van der Waals surface area contributed by atoms with Crippen LogP contribution in [0.25, 0.3) is 0 Å². The number of benzene rings is 2. The average molecular weight is 541 g/mol. The second-order valence-electron chi connectivity index (χ2n) is 10.1. The number of hydrogen-bond acceptors (Lipinski definition) is 8. The molecule has 4 rings (SSSR count). The lowest BCUT2D eigenvalue weighted by atomic mass is 9.70. The summed E-state index contributed by atoms with van der Waals surface area (Å²) >= 11 is 0. The molecule has 0 aromatic heterocycles. The quantitative estimate of drug-likeness (QED) is 0.437. The SMILES string of the molecule is Cc1ccc(S(=O)(=O)OCC2(COS(=O)(=O)c3ccc(C)cc3)CCC2)cc1.OCC1(CO)CCC1. The molecule has 2 saturated carbocycles. The lowest BCUT2D eigenvalue weighted by Gasteiger charge is -2.40. The Balaban J connectivity index is 0.000000383. The number of aryl methyl sites for hydroxylation is 2. The van der Waals surface area contributed by atoms with E-state index < -0.39 is 25.7 Å². The molecule has 2 aliphatic rings. The van der Waals surface area contributed by atoms with Crippen molar-refractivity contribution in [2.45, 2.75) is 62.2 Å². The Bertz CT molecular complexity index is 1100. The average Bonchev–Trinajstić information content (AvgIpc) is 2.79. The molecule has 0 unspecified atom stereocenters. The van der Waals surface area contributed by atoms with Crippen molar-refractivity contribution < 1.29 is 35.4 Å². The van der Waals surface area contributed by atoms with Gasteiger partial charge in [-0.05, 0) is 63.8 Å². The van der Waals surface area contributed by atoms with Gasteiger partial charge in [0.1, 0.15) is 0 Å². The van der Waals surface area contributed by atoms with Crippen LogP contribution in [0.2, 0.25) is 0 Å². The highest BCUT2D eigenvalue weighted by Gasteiger charge is 2.41. The number of hydrogen-bond donors (Lipinski definition) is 2. The van der Waals surface area contributed by atoms with Crippen molar-refractivity contribution >= 4 is 20.2 Å². The van der Waals surface area contributed by atoms with Gasteiger partial charge < -0.3 is 10.2 Å². The van der Waals surface area contributed by atoms with Crippen LogP contribution in [-0.2, 0) is 28.6 Å². The van der Waals surface area contributed by atoms with Gasteiger partial charge in [0.05, 0.1) is 36.2 Å². The third-order valence-corrected chi connectivity index (χ3v) is 9.71. The zero-order chi connectivity index (χ0) is 26.5. The van der Waals surface area contributed by atoms with Gasteiger partial charge in [-0.15, -0.1) is 0 Å². The Morgan fingerprint density at radius 2 is 0.972 bits per heavy atom. The first-order valence-electron chi connectivity index (χ1n) is 12.1. The van der Waals surface area contributed by atoms with Crippen molar-refractivity contribution in [2.75, 3.05) is 26.4 Å². The molecule has 2 aromatic carbocycles. The van der Waals surface area contributed by atoms with E-state index in [9.17, 15) is 16.8 Å². The molecule has 2 N–H and O–H groups in total. The third kappa shape index (κ3) is 7.14. The van der Waals surface area contributed by atoms with Crippen LogP contribution in [0, 0.1) is 24.7 Å². The zero-order valence-corrected chi connectivity index (χ0v) is 22.5. The first-order valence-corrected chi connectivity index (χ1v) is 14.9. The zero-order valence-electron chi connectivity index (χ0n) is 20.9. The summed E-state index contributed by atoms with van der Waals surface area (Å²) in [6.07, 6.45) is 5.35. The molecule has 8 nitrogen and oxygen atoms in total. The van der Waals surface area contributed by atoms with Gasteiger partial charge in [0.25, 0.3) is 20.2 Å². The van der Waals surface area contributed by atoms with Crippen molar-refractivity contribution in [2.24, 2.45) is 10.8 Å². The summed E-state index contributed by atoms with van der Waals surface area (Å²) in [7, 11) is -7.80. The summed E-state index contributed by atoms with van der Waals surface area (Å²) in [5.74, 6) is 0. The maximum absolute atomic E-state index is 12.4. The van der Waals surface area contributed by atoms with Crippen LogP contribution >= 0.6 is 0 Å². The molecular weight excluding hydrogens is 504 g/mol. The molecule has 10 heteroatoms. The van der Waals surface area contributed by atoms with E-state index in [0.29, 0.717) is 12.8 Å². The first-order chi connectivity index (χ1) is 16.9. The van der Waals surface area contributed by atoms with Crippen LogP contribution in [-0.4, -0.2) is 53.5 Å². The van der Waals surface area contributed by atoms with E-state index in [0.717, 1.165) is 30.4 Å². The number of rotatable bonds is 10. The van der Waals surface area contributed by atoms with E-state index in [1.165, 1.54) is 30.7 Å². The number of aliphatic hydroxyl groups is 2. The van der Waals surface area contributed by atoms with Crippen molar-refractivity contribution in [1.82, 2.24) is 0 Å². The standard InChI is InChI=1S/C20H24O6S2.C6H12O2/c1-16-4-8-18(9-5-16)27(21,22)25-14-20(12-3-13-20)15-26-28(23,24)19-10-6-17(2)7-11-19;7-4-6(5-8)2-1-3-6/h4-11H,3,12-15H2,1-2H3;7-8H,1-5H2. The molecule has 0 aliphatic heterocycles. The van der Waals surface area contributed by atoms with E-state index in [-0.39, 0.29) is 41.6 Å². The molecule has 0 saturated heterocycles. The minimum Gasteiger partial charge on any atom is -0.396 e. The first kappa shape index (κ1) is 28.7. The number of aliphatic hydroxyl groups excluding tert-OH is 2. The summed E-state index contributed by atoms with van der Waals surface area (Å²) < 4.78 is 60.1. The Morgan fingerprint density at radius 1 is 0.639 bits per heavy atom. The molecule has 36 heavy (non-hydrogen) atoms. The monoisotopic (exact) mass is 540 g/mol. The van der Waals surface area contributed by atoms with Gasteiger partial charge in [-0.25, -0.2) is 0 Å². The lowest BCUT2D eigenvalue weighted by Crippen LogP contribution is -2.40. The Kier molecular flexibility index (Phi) is 9.35. The molecule has 0 radical (unpaired) electrons. The molecule has 0 spiro atoms. The normalized spacial score (nSPS) is 18.3. The fraction of sp³-hybridized carbons (Fsp3) is 0.538. The summed E-state index contributed by atoms with van der Waals surface area (Å²) in [5, 5.41) is 17.4. The molecule has 200 valence electrons. The van der Waals surface area contributed by atoms with Gasteiger partial charge in [0, 0.05) is 10.8 Å². The Hall–Kier alpha value is -1.82. The summed E-state index contributed by atoms with van der Waals surface area (Å²) in [6, 6.07) is 12.8. The highest BCUT2D eigenvalue weighted by Crippen LogP contribution is 2.42. The highest BCUT2D eigenvalue weighted by atomic mass is 32.2. The van der Waals surface area contributed by atoms with Crippen molar-refractivity contribution in [3.8, 4) is 0 Å². The minimum atomic E-state index is -3.90. The molecule has 2 aliphatic carbocycles. The van der Waals surface area contributed by atoms with E-state index in [1.54, 1.807) is 24.3 Å². The van der Waals surface area contributed by atoms with E-state index in [1.807, 2.05) is 13.8 Å². The summed E-state index contributed by atoms with van der Waals surface area (Å²) in [6.45, 7) is 3.84. The molecule has 0 heterocycles. The van der Waals surface area contributed by atoms with Gasteiger partial charge in [0.2, 0.25) is 0 Å². The van der Waals surface area contributed by atoms with Crippen LogP contribution in [0.15, 0.2) is 58.3 Å². The molecule has 2 aromatic rings. The molecular formula is C26H36O8S2. The molecule has 2 fully saturated rings. The highest BCUT2D eigenvalue weighted by molar-refractivity contribution is 7.87. The van der Waals surface area contributed by atoms with Gasteiger partial charge in [-0.1, -0.05) is 48.2 Å². The second kappa shape index (κ2) is 11.7. The van der Waals surface area contributed by atoms with E-state index >= 15 is 0 Å². The van der Waals surface area contributed by atoms with E-state index in [2.05, 4.69) is 0 Å². The fourth-order valence-electron chi connectivity index (χ4n) is 4.00.